The fraction of sp³-hybridized carbons (Fsp3) is 0.381. The number of pyridine rings is 1. The smallest absolute Gasteiger partial charge is 0.395 e. The summed E-state index contributed by atoms with van der Waals surface area (Å²) in [5.74, 6) is -2.25. The molecule has 1 aromatic heterocycles. The minimum Gasteiger partial charge on any atom is -0.480 e. The van der Waals surface area contributed by atoms with Gasteiger partial charge in [0.2, 0.25) is 0 Å². The molecule has 2 unspecified atom stereocenters. The molecule has 0 aliphatic rings. The second-order valence-corrected chi connectivity index (χ2v) is 8.06. The van der Waals surface area contributed by atoms with Gasteiger partial charge in [0.05, 0.1) is 5.92 Å². The monoisotopic (exact) mass is 440 g/mol. The van der Waals surface area contributed by atoms with Gasteiger partial charge < -0.3 is 10.8 Å². The van der Waals surface area contributed by atoms with E-state index in [4.69, 9.17) is 10.8 Å². The average molecular weight is 440 g/mol. The number of carbonyl (C=O) groups is 2. The number of hydrogen-bond acceptors (Lipinski definition) is 5. The highest BCUT2D eigenvalue weighted by Gasteiger charge is 2.40. The van der Waals surface area contributed by atoms with E-state index in [0.29, 0.717) is 22.6 Å². The van der Waals surface area contributed by atoms with Crippen LogP contribution in [0.3, 0.4) is 0 Å². The lowest BCUT2D eigenvalue weighted by atomic mass is 9.94. The van der Waals surface area contributed by atoms with Crippen molar-refractivity contribution in [2.45, 2.75) is 37.9 Å². The Labute approximate surface area is 176 Å². The maximum absolute atomic E-state index is 13.5. The topological polar surface area (TPSA) is 93.3 Å². The summed E-state index contributed by atoms with van der Waals surface area (Å²) in [5, 5.41) is 8.72. The van der Waals surface area contributed by atoms with E-state index >= 15 is 0 Å². The van der Waals surface area contributed by atoms with E-state index in [1.165, 1.54) is 37.0 Å². The number of carboxylic acid groups (broad SMARTS) is 1. The van der Waals surface area contributed by atoms with Crippen molar-refractivity contribution >= 4 is 23.5 Å². The second kappa shape index (κ2) is 10.6. The Balaban J connectivity index is 2.02. The number of nitrogens with two attached hydrogens (primary N) is 1. The molecule has 0 spiro atoms. The number of hydrogen-bond donors (Lipinski definition) is 2. The summed E-state index contributed by atoms with van der Waals surface area (Å²) in [5.41, 5.74) is 7.30. The lowest BCUT2D eigenvalue weighted by molar-refractivity contribution is -0.150. The number of carboxylic acids is 1. The summed E-state index contributed by atoms with van der Waals surface area (Å²) in [7, 11) is 0. The Hall–Kier alpha value is -2.39. The molecule has 0 radical (unpaired) electrons. The first kappa shape index (κ1) is 23.9. The molecule has 5 nitrogen and oxygen atoms in total. The SMILES string of the molecule is CC(=O)c1ccc(-c2ccc(C(CCSCCC(N)C(=O)O)C(F)(F)F)cc2)cn1. The van der Waals surface area contributed by atoms with Crippen molar-refractivity contribution in [1.29, 1.82) is 0 Å². The lowest BCUT2D eigenvalue weighted by Crippen LogP contribution is -2.30. The minimum absolute atomic E-state index is 0.106. The second-order valence-electron chi connectivity index (χ2n) is 6.84. The van der Waals surface area contributed by atoms with Crippen molar-refractivity contribution in [2.75, 3.05) is 11.5 Å². The van der Waals surface area contributed by atoms with Crippen molar-refractivity contribution in [3.8, 4) is 11.1 Å². The molecule has 1 aromatic carbocycles. The molecule has 2 aromatic rings. The van der Waals surface area contributed by atoms with Crippen LogP contribution in [0, 0.1) is 0 Å². The number of carbonyl (C=O) groups excluding carboxylic acids is 1. The Morgan fingerprint density at radius 1 is 1.07 bits per heavy atom. The van der Waals surface area contributed by atoms with Crippen LogP contribution in [0.25, 0.3) is 11.1 Å². The van der Waals surface area contributed by atoms with Crippen LogP contribution in [0.2, 0.25) is 0 Å². The fourth-order valence-corrected chi connectivity index (χ4v) is 3.86. The van der Waals surface area contributed by atoms with Gasteiger partial charge in [-0.3, -0.25) is 14.6 Å². The molecule has 0 saturated carbocycles. The van der Waals surface area contributed by atoms with Crippen molar-refractivity contribution in [3.63, 3.8) is 0 Å². The summed E-state index contributed by atoms with van der Waals surface area (Å²) in [6, 6.07) is 8.42. The van der Waals surface area contributed by atoms with Crippen molar-refractivity contribution in [2.24, 2.45) is 5.73 Å². The van der Waals surface area contributed by atoms with E-state index in [9.17, 15) is 22.8 Å². The molecule has 0 fully saturated rings. The van der Waals surface area contributed by atoms with E-state index in [1.807, 2.05) is 0 Å². The molecule has 0 bridgehead atoms. The van der Waals surface area contributed by atoms with Crippen LogP contribution in [0.1, 0.15) is 41.7 Å². The molecule has 30 heavy (non-hydrogen) atoms. The molecule has 9 heteroatoms. The predicted molar refractivity (Wildman–Crippen MR) is 111 cm³/mol. The van der Waals surface area contributed by atoms with Crippen LogP contribution in [0.15, 0.2) is 42.6 Å². The first-order valence-electron chi connectivity index (χ1n) is 9.29. The number of benzene rings is 1. The highest BCUT2D eigenvalue weighted by molar-refractivity contribution is 7.99. The van der Waals surface area contributed by atoms with Gasteiger partial charge in [-0.1, -0.05) is 30.3 Å². The van der Waals surface area contributed by atoms with Crippen molar-refractivity contribution < 1.29 is 27.9 Å². The van der Waals surface area contributed by atoms with Gasteiger partial charge >= 0.3 is 12.1 Å². The minimum atomic E-state index is -4.38. The first-order valence-corrected chi connectivity index (χ1v) is 10.4. The number of rotatable bonds is 10. The number of alkyl halides is 3. The van der Waals surface area contributed by atoms with Gasteiger partial charge in [0.15, 0.2) is 5.78 Å². The summed E-state index contributed by atoms with van der Waals surface area (Å²) < 4.78 is 40.6. The first-order chi connectivity index (χ1) is 14.1. The molecule has 3 N–H and O–H groups in total. The third-order valence-electron chi connectivity index (χ3n) is 4.61. The lowest BCUT2D eigenvalue weighted by Gasteiger charge is -2.21. The molecular weight excluding hydrogens is 417 g/mol. The normalized spacial score (nSPS) is 13.6. The van der Waals surface area contributed by atoms with Crippen LogP contribution in [-0.2, 0) is 4.79 Å². The largest absolute Gasteiger partial charge is 0.480 e. The molecule has 2 rings (SSSR count). The van der Waals surface area contributed by atoms with Crippen LogP contribution in [0.4, 0.5) is 13.2 Å². The Morgan fingerprint density at radius 2 is 1.67 bits per heavy atom. The summed E-state index contributed by atoms with van der Waals surface area (Å²) in [4.78, 5) is 26.0. The number of nitrogens with zero attached hydrogens (tertiary/aromatic N) is 1. The van der Waals surface area contributed by atoms with E-state index in [-0.39, 0.29) is 29.9 Å². The molecule has 0 saturated heterocycles. The van der Waals surface area contributed by atoms with Gasteiger partial charge in [0, 0.05) is 18.7 Å². The molecule has 162 valence electrons. The van der Waals surface area contributed by atoms with Crippen LogP contribution < -0.4 is 5.73 Å². The number of thioether (sulfide) groups is 1. The van der Waals surface area contributed by atoms with E-state index < -0.39 is 24.1 Å². The highest BCUT2D eigenvalue weighted by Crippen LogP contribution is 2.38. The quantitative estimate of drug-likeness (QED) is 0.417. The zero-order valence-corrected chi connectivity index (χ0v) is 17.2. The van der Waals surface area contributed by atoms with Crippen LogP contribution >= 0.6 is 11.8 Å². The molecular formula is C21H23F3N2O3S. The summed E-state index contributed by atoms with van der Waals surface area (Å²) >= 11 is 1.26. The molecule has 0 aliphatic carbocycles. The highest BCUT2D eigenvalue weighted by atomic mass is 32.2. The van der Waals surface area contributed by atoms with Crippen molar-refractivity contribution in [1.82, 2.24) is 4.98 Å². The summed E-state index contributed by atoms with van der Waals surface area (Å²) in [6.07, 6.45) is -2.76. The van der Waals surface area contributed by atoms with Gasteiger partial charge in [0.1, 0.15) is 11.7 Å². The van der Waals surface area contributed by atoms with Gasteiger partial charge in [-0.2, -0.15) is 24.9 Å². The average Bonchev–Trinajstić information content (AvgIpc) is 2.69. The maximum atomic E-state index is 13.5. The van der Waals surface area contributed by atoms with E-state index in [0.717, 1.165) is 0 Å². The third kappa shape index (κ3) is 6.84. The number of aliphatic carboxylic acids is 1. The number of aromatic nitrogens is 1. The number of halogens is 3. The molecule has 2 atom stereocenters. The van der Waals surface area contributed by atoms with Gasteiger partial charge in [-0.25, -0.2) is 0 Å². The fourth-order valence-electron chi connectivity index (χ4n) is 2.84. The Morgan fingerprint density at radius 3 is 2.17 bits per heavy atom. The number of ketones is 1. The zero-order valence-electron chi connectivity index (χ0n) is 16.4. The van der Waals surface area contributed by atoms with Gasteiger partial charge in [-0.05, 0) is 41.5 Å². The van der Waals surface area contributed by atoms with Crippen LogP contribution in [0.5, 0.6) is 0 Å². The van der Waals surface area contributed by atoms with Crippen molar-refractivity contribution in [3.05, 3.63) is 53.9 Å². The summed E-state index contributed by atoms with van der Waals surface area (Å²) in [6.45, 7) is 1.41. The van der Waals surface area contributed by atoms with Gasteiger partial charge in [0.25, 0.3) is 0 Å². The maximum Gasteiger partial charge on any atom is 0.395 e. The molecule has 0 amide bonds. The number of Topliss-reactive ketones (excluding diaryl/α,β-unsaturated/α-hetero) is 1. The van der Waals surface area contributed by atoms with Crippen LogP contribution in [-0.4, -0.2) is 45.6 Å². The zero-order chi connectivity index (χ0) is 22.3. The predicted octanol–water partition coefficient (Wildman–Crippen LogP) is 4.52. The molecule has 0 aliphatic heterocycles. The molecule has 1 heterocycles. The standard InChI is InChI=1S/C21H23F3N2O3S/c1-13(27)19-7-6-16(12-26-19)14-2-4-15(5-3-14)17(21(22,23)24)8-10-30-11-9-18(25)20(28)29/h2-7,12,17-18H,8-11,25H2,1H3,(H,28,29). The Kier molecular flexibility index (Phi) is 8.43. The third-order valence-corrected chi connectivity index (χ3v) is 5.66. The van der Waals surface area contributed by atoms with Gasteiger partial charge in [-0.15, -0.1) is 0 Å². The van der Waals surface area contributed by atoms with E-state index in [2.05, 4.69) is 4.98 Å². The van der Waals surface area contributed by atoms with E-state index in [1.54, 1.807) is 24.3 Å². The Bertz CT molecular complexity index is 855.